The molecule has 96 valence electrons. The molecule has 0 bridgehead atoms. The van der Waals surface area contributed by atoms with Crippen molar-refractivity contribution < 1.29 is 9.13 Å². The number of ether oxygens (including phenoxy) is 1. The fourth-order valence-electron chi connectivity index (χ4n) is 1.72. The monoisotopic (exact) mass is 303 g/mol. The molecule has 1 atom stereocenters. The van der Waals surface area contributed by atoms with E-state index in [-0.39, 0.29) is 17.5 Å². The van der Waals surface area contributed by atoms with Crippen LogP contribution in [0.2, 0.25) is 0 Å². The molecule has 0 fully saturated rings. The van der Waals surface area contributed by atoms with Crippen LogP contribution in [-0.2, 0) is 4.74 Å². The Morgan fingerprint density at radius 2 is 2.12 bits per heavy atom. The number of benzene rings is 1. The minimum absolute atomic E-state index is 0.0672. The molecule has 1 rings (SSSR count). The Morgan fingerprint density at radius 1 is 1.47 bits per heavy atom. The molecule has 0 amide bonds. The van der Waals surface area contributed by atoms with Gasteiger partial charge in [0.05, 0.1) is 5.60 Å². The first-order chi connectivity index (χ1) is 7.89. The second-order valence-corrected chi connectivity index (χ2v) is 5.59. The molecule has 0 aliphatic carbocycles. The minimum Gasteiger partial charge on any atom is -0.379 e. The summed E-state index contributed by atoms with van der Waals surface area (Å²) in [6, 6.07) is 4.92. The van der Waals surface area contributed by atoms with Gasteiger partial charge in [-0.15, -0.1) is 0 Å². The van der Waals surface area contributed by atoms with E-state index in [4.69, 9.17) is 4.74 Å². The fraction of sp³-hybridized carbons (Fsp3) is 0.538. The van der Waals surface area contributed by atoms with E-state index in [1.807, 2.05) is 27.0 Å². The Morgan fingerprint density at radius 3 is 2.65 bits per heavy atom. The Balaban J connectivity index is 2.97. The van der Waals surface area contributed by atoms with Crippen LogP contribution >= 0.6 is 15.9 Å². The summed E-state index contributed by atoms with van der Waals surface area (Å²) in [4.78, 5) is 0. The second kappa shape index (κ2) is 5.94. The summed E-state index contributed by atoms with van der Waals surface area (Å²) < 4.78 is 20.1. The van der Waals surface area contributed by atoms with Gasteiger partial charge < -0.3 is 10.1 Å². The Hall–Kier alpha value is -0.450. The topological polar surface area (TPSA) is 21.3 Å². The van der Waals surface area contributed by atoms with Gasteiger partial charge >= 0.3 is 0 Å². The molecular weight excluding hydrogens is 285 g/mol. The molecule has 0 saturated carbocycles. The largest absolute Gasteiger partial charge is 0.379 e. The van der Waals surface area contributed by atoms with Crippen LogP contribution in [0.15, 0.2) is 22.7 Å². The van der Waals surface area contributed by atoms with Gasteiger partial charge in [-0.1, -0.05) is 15.9 Å². The van der Waals surface area contributed by atoms with Gasteiger partial charge in [-0.2, -0.15) is 0 Å². The van der Waals surface area contributed by atoms with Crippen molar-refractivity contribution in [3.8, 4) is 0 Å². The molecule has 4 heteroatoms. The number of nitrogens with one attached hydrogen (secondary N) is 1. The van der Waals surface area contributed by atoms with Crippen LogP contribution in [-0.4, -0.2) is 19.8 Å². The van der Waals surface area contributed by atoms with Crippen LogP contribution in [0.5, 0.6) is 0 Å². The Bertz CT molecular complexity index is 382. The van der Waals surface area contributed by atoms with Crippen molar-refractivity contribution in [2.24, 2.45) is 0 Å². The van der Waals surface area contributed by atoms with Gasteiger partial charge in [0.25, 0.3) is 0 Å². The summed E-state index contributed by atoms with van der Waals surface area (Å²) in [7, 11) is 3.50. The van der Waals surface area contributed by atoms with Crippen LogP contribution in [0.25, 0.3) is 0 Å². The zero-order valence-electron chi connectivity index (χ0n) is 10.7. The average molecular weight is 304 g/mol. The summed E-state index contributed by atoms with van der Waals surface area (Å²) in [5.74, 6) is -0.195. The van der Waals surface area contributed by atoms with E-state index < -0.39 is 0 Å². The molecule has 0 radical (unpaired) electrons. The maximum absolute atomic E-state index is 13.8. The smallest absolute Gasteiger partial charge is 0.128 e. The molecule has 0 aromatic heterocycles. The third-order valence-electron chi connectivity index (χ3n) is 2.93. The Labute approximate surface area is 111 Å². The minimum atomic E-state index is -0.289. The lowest BCUT2D eigenvalue weighted by Gasteiger charge is -2.29. The zero-order valence-corrected chi connectivity index (χ0v) is 12.3. The van der Waals surface area contributed by atoms with Crippen LogP contribution in [0.3, 0.4) is 0 Å². The highest BCUT2D eigenvalue weighted by atomic mass is 79.9. The summed E-state index contributed by atoms with van der Waals surface area (Å²) in [5, 5.41) is 3.14. The summed E-state index contributed by atoms with van der Waals surface area (Å²) >= 11 is 3.36. The maximum Gasteiger partial charge on any atom is 0.128 e. The van der Waals surface area contributed by atoms with E-state index in [1.165, 1.54) is 6.07 Å². The third kappa shape index (κ3) is 4.05. The van der Waals surface area contributed by atoms with Crippen molar-refractivity contribution in [2.75, 3.05) is 14.2 Å². The van der Waals surface area contributed by atoms with Crippen molar-refractivity contribution >= 4 is 15.9 Å². The quantitative estimate of drug-likeness (QED) is 0.896. The van der Waals surface area contributed by atoms with Crippen LogP contribution in [0.1, 0.15) is 31.9 Å². The van der Waals surface area contributed by atoms with E-state index in [9.17, 15) is 4.39 Å². The first kappa shape index (κ1) is 14.6. The van der Waals surface area contributed by atoms with E-state index in [1.54, 1.807) is 13.2 Å². The van der Waals surface area contributed by atoms with Crippen LogP contribution in [0, 0.1) is 5.82 Å². The Kier molecular flexibility index (Phi) is 5.10. The van der Waals surface area contributed by atoms with Crippen molar-refractivity contribution in [3.05, 3.63) is 34.1 Å². The third-order valence-corrected chi connectivity index (χ3v) is 3.42. The van der Waals surface area contributed by atoms with Crippen LogP contribution in [0.4, 0.5) is 4.39 Å². The summed E-state index contributed by atoms with van der Waals surface area (Å²) in [5.41, 5.74) is 0.370. The lowest BCUT2D eigenvalue weighted by atomic mass is 9.93. The number of hydrogen-bond acceptors (Lipinski definition) is 2. The van der Waals surface area contributed by atoms with E-state index >= 15 is 0 Å². The number of hydrogen-bond donors (Lipinski definition) is 1. The average Bonchev–Trinajstić information content (AvgIpc) is 2.29. The highest BCUT2D eigenvalue weighted by Gasteiger charge is 2.24. The van der Waals surface area contributed by atoms with Crippen LogP contribution < -0.4 is 5.32 Å². The first-order valence-electron chi connectivity index (χ1n) is 5.57. The first-order valence-corrected chi connectivity index (χ1v) is 6.36. The van der Waals surface area contributed by atoms with Gasteiger partial charge in [-0.3, -0.25) is 0 Å². The molecule has 17 heavy (non-hydrogen) atoms. The van der Waals surface area contributed by atoms with E-state index in [0.29, 0.717) is 12.0 Å². The predicted octanol–water partition coefficient (Wildman–Crippen LogP) is 3.66. The van der Waals surface area contributed by atoms with Crippen molar-refractivity contribution in [1.82, 2.24) is 5.32 Å². The molecule has 1 unspecified atom stereocenters. The standard InChI is InChI=1S/C13H19BrFNO/c1-13(2,17-4)8-12(16-3)10-7-9(14)5-6-11(10)15/h5-7,12,16H,8H2,1-4H3. The summed E-state index contributed by atoms with van der Waals surface area (Å²) in [6.07, 6.45) is 0.702. The van der Waals surface area contributed by atoms with Gasteiger partial charge in [0.2, 0.25) is 0 Å². The number of methoxy groups -OCH3 is 1. The lowest BCUT2D eigenvalue weighted by molar-refractivity contribution is 0.00719. The molecule has 0 aliphatic rings. The van der Waals surface area contributed by atoms with Crippen molar-refractivity contribution in [1.29, 1.82) is 0 Å². The van der Waals surface area contributed by atoms with Gasteiger partial charge in [0.1, 0.15) is 5.82 Å². The molecule has 0 aliphatic heterocycles. The summed E-state index contributed by atoms with van der Waals surface area (Å²) in [6.45, 7) is 3.99. The highest BCUT2D eigenvalue weighted by molar-refractivity contribution is 9.10. The maximum atomic E-state index is 13.8. The molecule has 0 heterocycles. The SMILES string of the molecule is CNC(CC(C)(C)OC)c1cc(Br)ccc1F. The molecule has 2 nitrogen and oxygen atoms in total. The predicted molar refractivity (Wildman–Crippen MR) is 71.6 cm³/mol. The lowest BCUT2D eigenvalue weighted by Crippen LogP contribution is -2.31. The molecular formula is C13H19BrFNO. The number of rotatable bonds is 5. The second-order valence-electron chi connectivity index (χ2n) is 4.68. The fourth-order valence-corrected chi connectivity index (χ4v) is 2.10. The molecule has 1 aromatic rings. The number of halogens is 2. The van der Waals surface area contributed by atoms with Gasteiger partial charge in [0, 0.05) is 23.2 Å². The zero-order chi connectivity index (χ0) is 13.1. The van der Waals surface area contributed by atoms with E-state index in [0.717, 1.165) is 4.47 Å². The molecule has 0 saturated heterocycles. The molecule has 1 aromatic carbocycles. The molecule has 0 spiro atoms. The highest BCUT2D eigenvalue weighted by Crippen LogP contribution is 2.29. The van der Waals surface area contributed by atoms with Crippen molar-refractivity contribution in [3.63, 3.8) is 0 Å². The van der Waals surface area contributed by atoms with Crippen molar-refractivity contribution in [2.45, 2.75) is 31.9 Å². The molecule has 1 N–H and O–H groups in total. The van der Waals surface area contributed by atoms with Gasteiger partial charge in [-0.25, -0.2) is 4.39 Å². The van der Waals surface area contributed by atoms with Gasteiger partial charge in [0.15, 0.2) is 0 Å². The normalized spacial score (nSPS) is 13.8. The van der Waals surface area contributed by atoms with E-state index in [2.05, 4.69) is 21.2 Å². The van der Waals surface area contributed by atoms with Gasteiger partial charge in [-0.05, 0) is 45.5 Å².